The summed E-state index contributed by atoms with van der Waals surface area (Å²) < 4.78 is 5.87. The van der Waals surface area contributed by atoms with Crippen LogP contribution in [-0.4, -0.2) is 12.7 Å². The van der Waals surface area contributed by atoms with E-state index in [0.717, 1.165) is 36.2 Å². The fourth-order valence-electron chi connectivity index (χ4n) is 6.38. The standard InChI is InChI=1S/C24H42O/c1-3-5-19-6-8-20(9-7-19)21-10-12-22(13-11-21)23-14-16-24(17-15-23)25-18-4-2/h4,19-24H,2-3,5-18H2,1H3/t19-,20-,21-,22-,23-,24-. The molecule has 1 nitrogen and oxygen atoms in total. The smallest absolute Gasteiger partial charge is 0.0648 e. The predicted molar refractivity (Wildman–Crippen MR) is 108 cm³/mol. The van der Waals surface area contributed by atoms with Gasteiger partial charge in [-0.15, -0.1) is 6.58 Å². The van der Waals surface area contributed by atoms with Gasteiger partial charge in [0.2, 0.25) is 0 Å². The Kier molecular flexibility index (Phi) is 7.90. The van der Waals surface area contributed by atoms with E-state index < -0.39 is 0 Å². The van der Waals surface area contributed by atoms with Crippen LogP contribution in [0.3, 0.4) is 0 Å². The molecule has 3 saturated carbocycles. The molecule has 0 bridgehead atoms. The zero-order chi connectivity index (χ0) is 17.5. The third-order valence-corrected chi connectivity index (χ3v) is 7.91. The van der Waals surface area contributed by atoms with Crippen LogP contribution in [-0.2, 0) is 4.74 Å². The quantitative estimate of drug-likeness (QED) is 0.444. The van der Waals surface area contributed by atoms with Gasteiger partial charge in [-0.05, 0) is 93.8 Å². The van der Waals surface area contributed by atoms with E-state index in [0.29, 0.717) is 6.10 Å². The lowest BCUT2D eigenvalue weighted by Crippen LogP contribution is -2.31. The lowest BCUT2D eigenvalue weighted by atomic mass is 9.65. The van der Waals surface area contributed by atoms with E-state index in [1.807, 2.05) is 6.08 Å². The van der Waals surface area contributed by atoms with E-state index in [2.05, 4.69) is 13.5 Å². The average Bonchev–Trinajstić information content (AvgIpc) is 2.68. The average molecular weight is 347 g/mol. The van der Waals surface area contributed by atoms with E-state index in [9.17, 15) is 0 Å². The molecule has 0 aromatic carbocycles. The Morgan fingerprint density at radius 1 is 0.720 bits per heavy atom. The summed E-state index contributed by atoms with van der Waals surface area (Å²) in [5.41, 5.74) is 0. The van der Waals surface area contributed by atoms with Crippen molar-refractivity contribution in [2.75, 3.05) is 6.61 Å². The van der Waals surface area contributed by atoms with Gasteiger partial charge < -0.3 is 4.74 Å². The number of rotatable bonds is 7. The first kappa shape index (κ1) is 19.5. The fourth-order valence-corrected chi connectivity index (χ4v) is 6.38. The lowest BCUT2D eigenvalue weighted by molar-refractivity contribution is 0.0188. The lowest BCUT2D eigenvalue weighted by Gasteiger charge is -2.41. The molecule has 0 atom stereocenters. The highest BCUT2D eigenvalue weighted by atomic mass is 16.5. The third-order valence-electron chi connectivity index (χ3n) is 7.91. The van der Waals surface area contributed by atoms with Crippen molar-refractivity contribution < 1.29 is 4.74 Å². The zero-order valence-electron chi connectivity index (χ0n) is 16.8. The van der Waals surface area contributed by atoms with Gasteiger partial charge in [-0.25, -0.2) is 0 Å². The molecule has 0 aromatic rings. The molecule has 144 valence electrons. The second-order valence-electron chi connectivity index (χ2n) is 9.40. The second-order valence-corrected chi connectivity index (χ2v) is 9.40. The van der Waals surface area contributed by atoms with Crippen molar-refractivity contribution in [2.45, 2.75) is 103 Å². The van der Waals surface area contributed by atoms with Gasteiger partial charge in [-0.3, -0.25) is 0 Å². The molecule has 0 aromatic heterocycles. The van der Waals surface area contributed by atoms with Crippen molar-refractivity contribution in [2.24, 2.45) is 29.6 Å². The van der Waals surface area contributed by atoms with Crippen molar-refractivity contribution in [1.29, 1.82) is 0 Å². The summed E-state index contributed by atoms with van der Waals surface area (Å²) in [6.45, 7) is 6.86. The van der Waals surface area contributed by atoms with Crippen molar-refractivity contribution in [3.63, 3.8) is 0 Å². The maximum atomic E-state index is 5.87. The molecule has 3 rings (SSSR count). The maximum Gasteiger partial charge on any atom is 0.0648 e. The van der Waals surface area contributed by atoms with E-state index in [-0.39, 0.29) is 0 Å². The molecule has 0 spiro atoms. The second kappa shape index (κ2) is 10.1. The molecule has 0 radical (unpaired) electrons. The minimum absolute atomic E-state index is 0.517. The van der Waals surface area contributed by atoms with Crippen LogP contribution in [0.5, 0.6) is 0 Å². The minimum Gasteiger partial charge on any atom is -0.374 e. The summed E-state index contributed by atoms with van der Waals surface area (Å²) in [6.07, 6.45) is 23.0. The van der Waals surface area contributed by atoms with Crippen molar-refractivity contribution in [1.82, 2.24) is 0 Å². The van der Waals surface area contributed by atoms with E-state index in [1.165, 1.54) is 64.2 Å². The molecule has 3 aliphatic carbocycles. The SMILES string of the molecule is C=CCO[C@H]1CC[C@H]([C@H]2CC[C@H]([C@H]3CC[C@H](CCC)CC3)CC2)CC1. The van der Waals surface area contributed by atoms with Crippen LogP contribution in [0, 0.1) is 29.6 Å². The predicted octanol–water partition coefficient (Wildman–Crippen LogP) is 7.16. The summed E-state index contributed by atoms with van der Waals surface area (Å²) in [4.78, 5) is 0. The Morgan fingerprint density at radius 3 is 1.60 bits per heavy atom. The van der Waals surface area contributed by atoms with E-state index in [1.54, 1.807) is 25.7 Å². The zero-order valence-corrected chi connectivity index (χ0v) is 16.8. The Bertz CT molecular complexity index is 366. The summed E-state index contributed by atoms with van der Waals surface area (Å²) in [5, 5.41) is 0. The van der Waals surface area contributed by atoms with Gasteiger partial charge >= 0.3 is 0 Å². The first-order valence-corrected chi connectivity index (χ1v) is 11.5. The molecular weight excluding hydrogens is 304 g/mol. The number of ether oxygens (including phenoxy) is 1. The highest BCUT2D eigenvalue weighted by molar-refractivity contribution is 4.86. The first-order valence-electron chi connectivity index (χ1n) is 11.5. The molecule has 0 amide bonds. The summed E-state index contributed by atoms with van der Waals surface area (Å²) in [7, 11) is 0. The molecule has 3 fully saturated rings. The van der Waals surface area contributed by atoms with Crippen LogP contribution < -0.4 is 0 Å². The minimum atomic E-state index is 0.517. The van der Waals surface area contributed by atoms with Crippen LogP contribution in [0.1, 0.15) is 96.8 Å². The molecule has 0 N–H and O–H groups in total. The summed E-state index contributed by atoms with van der Waals surface area (Å²) in [5.74, 6) is 5.26. The number of hydrogen-bond donors (Lipinski definition) is 0. The van der Waals surface area contributed by atoms with Crippen molar-refractivity contribution >= 4 is 0 Å². The monoisotopic (exact) mass is 346 g/mol. The van der Waals surface area contributed by atoms with Crippen LogP contribution in [0.25, 0.3) is 0 Å². The third kappa shape index (κ3) is 5.59. The van der Waals surface area contributed by atoms with Crippen LogP contribution in [0.15, 0.2) is 12.7 Å². The molecule has 0 aliphatic heterocycles. The normalized spacial score (nSPS) is 39.9. The maximum absolute atomic E-state index is 5.87. The highest BCUT2D eigenvalue weighted by Crippen LogP contribution is 2.45. The topological polar surface area (TPSA) is 9.23 Å². The molecule has 25 heavy (non-hydrogen) atoms. The largest absolute Gasteiger partial charge is 0.374 e. The van der Waals surface area contributed by atoms with Gasteiger partial charge in [0.1, 0.15) is 0 Å². The molecule has 0 saturated heterocycles. The summed E-state index contributed by atoms with van der Waals surface area (Å²) >= 11 is 0. The molecule has 3 aliphatic rings. The Labute approximate surface area is 157 Å². The van der Waals surface area contributed by atoms with Crippen molar-refractivity contribution in [3.8, 4) is 0 Å². The molecule has 0 heterocycles. The fraction of sp³-hybridized carbons (Fsp3) is 0.917. The Hall–Kier alpha value is -0.300. The van der Waals surface area contributed by atoms with Crippen LogP contribution >= 0.6 is 0 Å². The number of hydrogen-bond acceptors (Lipinski definition) is 1. The first-order chi connectivity index (χ1) is 12.3. The molecule has 1 heteroatoms. The highest BCUT2D eigenvalue weighted by Gasteiger charge is 2.34. The van der Waals surface area contributed by atoms with E-state index in [4.69, 9.17) is 4.74 Å². The van der Waals surface area contributed by atoms with E-state index >= 15 is 0 Å². The van der Waals surface area contributed by atoms with Crippen LogP contribution in [0.4, 0.5) is 0 Å². The van der Waals surface area contributed by atoms with Crippen molar-refractivity contribution in [3.05, 3.63) is 12.7 Å². The van der Waals surface area contributed by atoms with Gasteiger partial charge in [-0.1, -0.05) is 38.7 Å². The van der Waals surface area contributed by atoms with Gasteiger partial charge in [0.05, 0.1) is 12.7 Å². The molecule has 0 unspecified atom stereocenters. The van der Waals surface area contributed by atoms with Crippen LogP contribution in [0.2, 0.25) is 0 Å². The summed E-state index contributed by atoms with van der Waals surface area (Å²) in [6, 6.07) is 0. The van der Waals surface area contributed by atoms with Gasteiger partial charge in [-0.2, -0.15) is 0 Å². The Morgan fingerprint density at radius 2 is 1.16 bits per heavy atom. The molecular formula is C24H42O. The van der Waals surface area contributed by atoms with Gasteiger partial charge in [0.15, 0.2) is 0 Å². The van der Waals surface area contributed by atoms with Gasteiger partial charge in [0, 0.05) is 0 Å². The van der Waals surface area contributed by atoms with Gasteiger partial charge in [0.25, 0.3) is 0 Å². The Balaban J connectivity index is 1.35.